The maximum Gasteiger partial charge on any atom is 0.338 e. The average Bonchev–Trinajstić information content (AvgIpc) is 2.28. The molecule has 0 unspecified atom stereocenters. The molecule has 0 N–H and O–H groups in total. The summed E-state index contributed by atoms with van der Waals surface area (Å²) >= 11 is 0. The molecule has 0 fully saturated rings. The molecule has 1 rings (SSSR count). The molecule has 0 amide bonds. The molecule has 1 aromatic carbocycles. The Bertz CT molecular complexity index is 437. The Hall–Kier alpha value is -1.84. The molecule has 1 aromatic rings. The van der Waals surface area contributed by atoms with E-state index in [4.69, 9.17) is 9.47 Å². The van der Waals surface area contributed by atoms with E-state index in [-0.39, 0.29) is 12.2 Å². The fraction of sp³-hybridized carbons (Fsp3) is 0.429. The second-order valence-electron chi connectivity index (χ2n) is 3.90. The van der Waals surface area contributed by atoms with Gasteiger partial charge in [0.25, 0.3) is 0 Å². The maximum absolute atomic E-state index is 11.7. The van der Waals surface area contributed by atoms with E-state index in [2.05, 4.69) is 0 Å². The molecule has 4 heteroatoms. The zero-order valence-corrected chi connectivity index (χ0v) is 11.0. The summed E-state index contributed by atoms with van der Waals surface area (Å²) < 4.78 is 10.3. The van der Waals surface area contributed by atoms with E-state index in [9.17, 15) is 9.59 Å². The van der Waals surface area contributed by atoms with E-state index in [1.54, 1.807) is 25.1 Å². The number of hydrogen-bond acceptors (Lipinski definition) is 4. The first-order valence-electron chi connectivity index (χ1n) is 6.00. The van der Waals surface area contributed by atoms with Crippen LogP contribution in [0.4, 0.5) is 0 Å². The highest BCUT2D eigenvalue weighted by atomic mass is 16.5. The SMILES string of the molecule is CCOC(=O)c1cc(CC(C)=O)cc(OCC)c1. The predicted octanol–water partition coefficient (Wildman–Crippen LogP) is 2.39. The van der Waals surface area contributed by atoms with Gasteiger partial charge in [0.05, 0.1) is 18.8 Å². The molecule has 0 saturated heterocycles. The molecular weight excluding hydrogens is 232 g/mol. The summed E-state index contributed by atoms with van der Waals surface area (Å²) in [5.41, 5.74) is 1.18. The van der Waals surface area contributed by atoms with Crippen molar-refractivity contribution in [2.24, 2.45) is 0 Å². The minimum Gasteiger partial charge on any atom is -0.494 e. The Kier molecular flexibility index (Phi) is 5.36. The zero-order chi connectivity index (χ0) is 13.5. The number of Topliss-reactive ketones (excluding diaryl/α,β-unsaturated/α-hetero) is 1. The molecule has 0 aliphatic rings. The van der Waals surface area contributed by atoms with Crippen molar-refractivity contribution < 1.29 is 19.1 Å². The average molecular weight is 250 g/mol. The van der Waals surface area contributed by atoms with Crippen molar-refractivity contribution in [2.45, 2.75) is 27.2 Å². The number of ether oxygens (including phenoxy) is 2. The fourth-order valence-electron chi connectivity index (χ4n) is 1.63. The van der Waals surface area contributed by atoms with Gasteiger partial charge in [-0.15, -0.1) is 0 Å². The van der Waals surface area contributed by atoms with Crippen molar-refractivity contribution in [1.29, 1.82) is 0 Å². The van der Waals surface area contributed by atoms with E-state index in [1.807, 2.05) is 6.92 Å². The highest BCUT2D eigenvalue weighted by Crippen LogP contribution is 2.19. The Morgan fingerprint density at radius 2 is 1.83 bits per heavy atom. The Labute approximate surface area is 107 Å². The summed E-state index contributed by atoms with van der Waals surface area (Å²) in [6, 6.07) is 5.07. The van der Waals surface area contributed by atoms with E-state index < -0.39 is 5.97 Å². The van der Waals surface area contributed by atoms with Crippen LogP contribution in [0.15, 0.2) is 18.2 Å². The minimum atomic E-state index is -0.399. The summed E-state index contributed by atoms with van der Waals surface area (Å²) in [6.45, 7) is 5.95. The lowest BCUT2D eigenvalue weighted by atomic mass is 10.1. The highest BCUT2D eigenvalue weighted by Gasteiger charge is 2.11. The fourth-order valence-corrected chi connectivity index (χ4v) is 1.63. The zero-order valence-electron chi connectivity index (χ0n) is 11.0. The predicted molar refractivity (Wildman–Crippen MR) is 68.0 cm³/mol. The van der Waals surface area contributed by atoms with E-state index in [1.165, 1.54) is 6.92 Å². The molecule has 0 spiro atoms. The van der Waals surface area contributed by atoms with Gasteiger partial charge in [-0.05, 0) is 44.5 Å². The first-order chi connectivity index (χ1) is 8.56. The van der Waals surface area contributed by atoms with Crippen molar-refractivity contribution >= 4 is 11.8 Å². The van der Waals surface area contributed by atoms with Gasteiger partial charge in [-0.1, -0.05) is 0 Å². The van der Waals surface area contributed by atoms with Gasteiger partial charge < -0.3 is 9.47 Å². The Morgan fingerprint density at radius 1 is 1.11 bits per heavy atom. The largest absolute Gasteiger partial charge is 0.494 e. The molecule has 98 valence electrons. The lowest BCUT2D eigenvalue weighted by Crippen LogP contribution is -2.07. The first-order valence-corrected chi connectivity index (χ1v) is 6.00. The Balaban J connectivity index is 3.04. The third-order valence-corrected chi connectivity index (χ3v) is 2.24. The summed E-state index contributed by atoms with van der Waals surface area (Å²) in [4.78, 5) is 22.8. The smallest absolute Gasteiger partial charge is 0.338 e. The first kappa shape index (κ1) is 14.2. The van der Waals surface area contributed by atoms with Crippen LogP contribution in [0.2, 0.25) is 0 Å². The molecule has 0 aliphatic heterocycles. The monoisotopic (exact) mass is 250 g/mol. The van der Waals surface area contributed by atoms with Crippen LogP contribution in [-0.4, -0.2) is 25.0 Å². The van der Waals surface area contributed by atoms with Crippen LogP contribution >= 0.6 is 0 Å². The number of hydrogen-bond donors (Lipinski definition) is 0. The number of rotatable bonds is 6. The standard InChI is InChI=1S/C14H18O4/c1-4-17-13-8-11(6-10(3)15)7-12(9-13)14(16)18-5-2/h7-9H,4-6H2,1-3H3. The Morgan fingerprint density at radius 3 is 2.39 bits per heavy atom. The van der Waals surface area contributed by atoms with E-state index >= 15 is 0 Å². The summed E-state index contributed by atoms with van der Waals surface area (Å²) in [7, 11) is 0. The van der Waals surface area contributed by atoms with E-state index in [0.29, 0.717) is 24.5 Å². The molecule has 0 bridgehead atoms. The molecule has 4 nitrogen and oxygen atoms in total. The van der Waals surface area contributed by atoms with Crippen molar-refractivity contribution in [2.75, 3.05) is 13.2 Å². The normalized spacial score (nSPS) is 9.94. The van der Waals surface area contributed by atoms with Crippen LogP contribution in [0.25, 0.3) is 0 Å². The van der Waals surface area contributed by atoms with Crippen molar-refractivity contribution in [3.05, 3.63) is 29.3 Å². The van der Waals surface area contributed by atoms with Gasteiger partial charge in [0, 0.05) is 6.42 Å². The lowest BCUT2D eigenvalue weighted by Gasteiger charge is -2.09. The summed E-state index contributed by atoms with van der Waals surface area (Å²) in [5, 5.41) is 0. The molecule has 0 heterocycles. The van der Waals surface area contributed by atoms with Gasteiger partial charge in [-0.25, -0.2) is 4.79 Å². The van der Waals surface area contributed by atoms with Crippen LogP contribution in [0.3, 0.4) is 0 Å². The van der Waals surface area contributed by atoms with Gasteiger partial charge in [0.2, 0.25) is 0 Å². The molecule has 0 radical (unpaired) electrons. The van der Waals surface area contributed by atoms with Crippen molar-refractivity contribution in [3.8, 4) is 5.75 Å². The molecule has 0 aromatic heterocycles. The van der Waals surface area contributed by atoms with Crippen LogP contribution in [-0.2, 0) is 16.0 Å². The van der Waals surface area contributed by atoms with Crippen LogP contribution in [0, 0.1) is 0 Å². The van der Waals surface area contributed by atoms with Crippen LogP contribution < -0.4 is 4.74 Å². The van der Waals surface area contributed by atoms with Crippen LogP contribution in [0.1, 0.15) is 36.7 Å². The molecule has 0 atom stereocenters. The topological polar surface area (TPSA) is 52.6 Å². The van der Waals surface area contributed by atoms with Crippen molar-refractivity contribution in [3.63, 3.8) is 0 Å². The molecular formula is C14H18O4. The van der Waals surface area contributed by atoms with Gasteiger partial charge in [0.15, 0.2) is 0 Å². The van der Waals surface area contributed by atoms with Gasteiger partial charge in [0.1, 0.15) is 11.5 Å². The number of benzene rings is 1. The number of carbonyl (C=O) groups excluding carboxylic acids is 2. The molecule has 18 heavy (non-hydrogen) atoms. The highest BCUT2D eigenvalue weighted by molar-refractivity contribution is 5.90. The quantitative estimate of drug-likeness (QED) is 0.727. The number of carbonyl (C=O) groups is 2. The van der Waals surface area contributed by atoms with Crippen molar-refractivity contribution in [1.82, 2.24) is 0 Å². The van der Waals surface area contributed by atoms with Gasteiger partial charge in [-0.2, -0.15) is 0 Å². The third-order valence-electron chi connectivity index (χ3n) is 2.24. The van der Waals surface area contributed by atoms with E-state index in [0.717, 1.165) is 5.56 Å². The minimum absolute atomic E-state index is 0.0402. The lowest BCUT2D eigenvalue weighted by molar-refractivity contribution is -0.116. The number of esters is 1. The summed E-state index contributed by atoms with van der Waals surface area (Å²) in [5.74, 6) is 0.224. The molecule has 0 saturated carbocycles. The molecule has 0 aliphatic carbocycles. The second-order valence-corrected chi connectivity index (χ2v) is 3.90. The second kappa shape index (κ2) is 6.79. The number of ketones is 1. The van der Waals surface area contributed by atoms with Crippen LogP contribution in [0.5, 0.6) is 5.75 Å². The van der Waals surface area contributed by atoms with Gasteiger partial charge in [-0.3, -0.25) is 4.79 Å². The summed E-state index contributed by atoms with van der Waals surface area (Å²) in [6.07, 6.45) is 0.285. The maximum atomic E-state index is 11.7. The third kappa shape index (κ3) is 4.20. The van der Waals surface area contributed by atoms with Gasteiger partial charge >= 0.3 is 5.97 Å².